The average molecular weight is 518 g/mol. The van der Waals surface area contributed by atoms with E-state index in [2.05, 4.69) is 17.2 Å². The average Bonchev–Trinajstić information content (AvgIpc) is 3.30. The van der Waals surface area contributed by atoms with Gasteiger partial charge in [0.1, 0.15) is 10.8 Å². The molecule has 0 aliphatic heterocycles. The molecule has 190 valence electrons. The van der Waals surface area contributed by atoms with Crippen molar-refractivity contribution >= 4 is 28.4 Å². The largest absolute Gasteiger partial charge is 0.480 e. The summed E-state index contributed by atoms with van der Waals surface area (Å²) in [6.45, 7) is 2.05. The van der Waals surface area contributed by atoms with Crippen LogP contribution in [0.4, 0.5) is 4.39 Å². The van der Waals surface area contributed by atoms with Crippen molar-refractivity contribution in [2.75, 3.05) is 7.11 Å². The van der Waals surface area contributed by atoms with Crippen LogP contribution < -0.4 is 10.1 Å². The van der Waals surface area contributed by atoms with E-state index in [4.69, 9.17) is 16.3 Å². The molecule has 0 saturated heterocycles. The standard InChI is InChI=1S/C30H29ClFN3O2/c1-18(19-4-6-20(7-5-19)21-14-25(31)29(37-2)33-17-21)35-13-10-23-26(32)9-8-24(27(23)35)28(36)34-22-15-30(16-22)11-3-12-30/h4-10,13-14,17-18,22H,3,11-12,15-16H2,1-2H3,(H,34,36)/t18-/m0/s1. The van der Waals surface area contributed by atoms with Gasteiger partial charge >= 0.3 is 0 Å². The maximum atomic E-state index is 14.8. The number of methoxy groups -OCH3 is 1. The molecule has 0 bridgehead atoms. The highest BCUT2D eigenvalue weighted by molar-refractivity contribution is 6.32. The molecule has 37 heavy (non-hydrogen) atoms. The molecule has 2 aromatic carbocycles. The summed E-state index contributed by atoms with van der Waals surface area (Å²) in [5.74, 6) is -0.0635. The van der Waals surface area contributed by atoms with Crippen LogP contribution in [0, 0.1) is 11.2 Å². The van der Waals surface area contributed by atoms with E-state index in [1.54, 1.807) is 18.3 Å². The van der Waals surface area contributed by atoms with E-state index in [0.29, 0.717) is 32.8 Å². The Balaban J connectivity index is 1.27. The summed E-state index contributed by atoms with van der Waals surface area (Å²) in [6, 6.07) is 14.8. The molecule has 1 N–H and O–H groups in total. The number of fused-ring (bicyclic) bond motifs is 1. The summed E-state index contributed by atoms with van der Waals surface area (Å²) in [5, 5.41) is 4.11. The number of hydrogen-bond acceptors (Lipinski definition) is 3. The molecule has 1 atom stereocenters. The molecule has 1 spiro atoms. The van der Waals surface area contributed by atoms with E-state index in [1.165, 1.54) is 32.4 Å². The van der Waals surface area contributed by atoms with Crippen molar-refractivity contribution in [2.45, 2.75) is 51.1 Å². The fraction of sp³-hybridized carbons (Fsp3) is 0.333. The molecular formula is C30H29ClFN3O2. The van der Waals surface area contributed by atoms with Gasteiger partial charge < -0.3 is 14.6 Å². The number of benzene rings is 2. The minimum absolute atomic E-state index is 0.112. The summed E-state index contributed by atoms with van der Waals surface area (Å²) in [5.41, 5.74) is 4.51. The molecule has 5 nitrogen and oxygen atoms in total. The number of pyridine rings is 1. The summed E-state index contributed by atoms with van der Waals surface area (Å²) < 4.78 is 21.9. The number of nitrogens with zero attached hydrogens (tertiary/aromatic N) is 2. The molecule has 0 radical (unpaired) electrons. The van der Waals surface area contributed by atoms with Crippen LogP contribution in [-0.4, -0.2) is 28.6 Å². The van der Waals surface area contributed by atoms with Crippen molar-refractivity contribution in [3.8, 4) is 17.0 Å². The van der Waals surface area contributed by atoms with E-state index in [-0.39, 0.29) is 23.8 Å². The van der Waals surface area contributed by atoms with E-state index < -0.39 is 0 Å². The normalized spacial score (nSPS) is 17.3. The first-order valence-electron chi connectivity index (χ1n) is 12.8. The fourth-order valence-corrected chi connectivity index (χ4v) is 6.28. The van der Waals surface area contributed by atoms with Gasteiger partial charge in [-0.2, -0.15) is 0 Å². The monoisotopic (exact) mass is 517 g/mol. The highest BCUT2D eigenvalue weighted by Gasteiger charge is 2.48. The lowest BCUT2D eigenvalue weighted by molar-refractivity contribution is -0.000603. The van der Waals surface area contributed by atoms with Gasteiger partial charge in [0.15, 0.2) is 0 Å². The molecule has 2 fully saturated rings. The Labute approximate surface area is 220 Å². The lowest BCUT2D eigenvalue weighted by Crippen LogP contribution is -2.53. The number of aromatic nitrogens is 2. The van der Waals surface area contributed by atoms with Gasteiger partial charge in [0, 0.05) is 29.4 Å². The zero-order valence-electron chi connectivity index (χ0n) is 20.9. The van der Waals surface area contributed by atoms with Crippen LogP contribution in [0.15, 0.2) is 60.9 Å². The van der Waals surface area contributed by atoms with Gasteiger partial charge in [0.25, 0.3) is 5.91 Å². The number of carbonyl (C=O) groups excluding carboxylic acids is 1. The zero-order chi connectivity index (χ0) is 25.7. The number of hydrogen-bond donors (Lipinski definition) is 1. The molecule has 2 aliphatic rings. The van der Waals surface area contributed by atoms with Gasteiger partial charge in [-0.05, 0) is 73.4 Å². The van der Waals surface area contributed by atoms with Crippen molar-refractivity contribution in [3.05, 3.63) is 82.9 Å². The Morgan fingerprint density at radius 3 is 2.57 bits per heavy atom. The number of nitrogens with one attached hydrogen (secondary N) is 1. The van der Waals surface area contributed by atoms with E-state index >= 15 is 0 Å². The third-order valence-electron chi connectivity index (χ3n) is 8.32. The molecule has 4 aromatic rings. The summed E-state index contributed by atoms with van der Waals surface area (Å²) in [4.78, 5) is 17.6. The van der Waals surface area contributed by atoms with Crippen LogP contribution in [0.5, 0.6) is 5.88 Å². The van der Waals surface area contributed by atoms with Crippen LogP contribution >= 0.6 is 11.6 Å². The number of amides is 1. The Kier molecular flexibility index (Phi) is 5.95. The van der Waals surface area contributed by atoms with Gasteiger partial charge in [0.2, 0.25) is 5.88 Å². The number of carbonyl (C=O) groups is 1. The second-order valence-electron chi connectivity index (χ2n) is 10.5. The number of rotatable bonds is 6. The SMILES string of the molecule is COc1ncc(-c2ccc([C@H](C)n3ccc4c(F)ccc(C(=O)NC5CC6(CCC6)C5)c43)cc2)cc1Cl. The maximum Gasteiger partial charge on any atom is 0.253 e. The van der Waals surface area contributed by atoms with Crippen molar-refractivity contribution in [1.29, 1.82) is 0 Å². The second kappa shape index (κ2) is 9.18. The molecule has 2 heterocycles. The Morgan fingerprint density at radius 2 is 1.92 bits per heavy atom. The third kappa shape index (κ3) is 4.17. The minimum atomic E-state index is -0.325. The van der Waals surface area contributed by atoms with Crippen molar-refractivity contribution in [2.24, 2.45) is 5.41 Å². The molecule has 2 aromatic heterocycles. The van der Waals surface area contributed by atoms with Gasteiger partial charge in [-0.15, -0.1) is 0 Å². The first-order valence-corrected chi connectivity index (χ1v) is 13.1. The number of ether oxygens (including phenoxy) is 1. The lowest BCUT2D eigenvalue weighted by atomic mass is 9.54. The van der Waals surface area contributed by atoms with Crippen LogP contribution in [0.2, 0.25) is 5.02 Å². The molecule has 1 amide bonds. The molecular weight excluding hydrogens is 489 g/mol. The first kappa shape index (κ1) is 24.0. The fourth-order valence-electron chi connectivity index (χ4n) is 6.04. The van der Waals surface area contributed by atoms with Crippen molar-refractivity contribution < 1.29 is 13.9 Å². The van der Waals surface area contributed by atoms with Crippen LogP contribution in [0.25, 0.3) is 22.0 Å². The van der Waals surface area contributed by atoms with Gasteiger partial charge in [-0.3, -0.25) is 4.79 Å². The molecule has 6 rings (SSSR count). The van der Waals surface area contributed by atoms with Gasteiger partial charge in [0.05, 0.1) is 24.2 Å². The van der Waals surface area contributed by atoms with Crippen LogP contribution in [0.3, 0.4) is 0 Å². The first-order chi connectivity index (χ1) is 17.9. The van der Waals surface area contributed by atoms with E-state index in [9.17, 15) is 9.18 Å². The Morgan fingerprint density at radius 1 is 1.16 bits per heavy atom. The van der Waals surface area contributed by atoms with E-state index in [1.807, 2.05) is 41.1 Å². The lowest BCUT2D eigenvalue weighted by Gasteiger charge is -2.54. The van der Waals surface area contributed by atoms with Crippen molar-refractivity contribution in [3.63, 3.8) is 0 Å². The molecule has 7 heteroatoms. The van der Waals surface area contributed by atoms with Crippen LogP contribution in [-0.2, 0) is 0 Å². The summed E-state index contributed by atoms with van der Waals surface area (Å²) in [7, 11) is 1.54. The predicted molar refractivity (Wildman–Crippen MR) is 144 cm³/mol. The summed E-state index contributed by atoms with van der Waals surface area (Å²) in [6.07, 6.45) is 9.57. The molecule has 2 aliphatic carbocycles. The topological polar surface area (TPSA) is 56.2 Å². The quantitative estimate of drug-likeness (QED) is 0.295. The highest BCUT2D eigenvalue weighted by atomic mass is 35.5. The van der Waals surface area contributed by atoms with Crippen LogP contribution in [0.1, 0.15) is 61.0 Å². The Bertz CT molecular complexity index is 1480. The van der Waals surface area contributed by atoms with E-state index in [0.717, 1.165) is 29.5 Å². The smallest absolute Gasteiger partial charge is 0.253 e. The second-order valence-corrected chi connectivity index (χ2v) is 10.9. The summed E-state index contributed by atoms with van der Waals surface area (Å²) >= 11 is 6.25. The Hall–Kier alpha value is -3.38. The third-order valence-corrected chi connectivity index (χ3v) is 8.59. The maximum absolute atomic E-state index is 14.8. The molecule has 0 unspecified atom stereocenters. The zero-order valence-corrected chi connectivity index (χ0v) is 21.7. The molecule has 2 saturated carbocycles. The van der Waals surface area contributed by atoms with Crippen molar-refractivity contribution in [1.82, 2.24) is 14.9 Å². The number of halogens is 2. The highest BCUT2D eigenvalue weighted by Crippen LogP contribution is 2.55. The minimum Gasteiger partial charge on any atom is -0.480 e. The van der Waals surface area contributed by atoms with Gasteiger partial charge in [-0.25, -0.2) is 9.37 Å². The predicted octanol–water partition coefficient (Wildman–Crippen LogP) is 7.18. The van der Waals surface area contributed by atoms with Gasteiger partial charge in [-0.1, -0.05) is 42.3 Å².